The van der Waals surface area contributed by atoms with E-state index in [1.165, 1.54) is 17.9 Å². The van der Waals surface area contributed by atoms with Crippen LogP contribution in [-0.4, -0.2) is 56.6 Å². The van der Waals surface area contributed by atoms with E-state index in [-0.39, 0.29) is 36.9 Å². The van der Waals surface area contributed by atoms with Gasteiger partial charge >= 0.3 is 5.97 Å². The van der Waals surface area contributed by atoms with Gasteiger partial charge in [0, 0.05) is 42.0 Å². The molecule has 0 spiro atoms. The fourth-order valence-electron chi connectivity index (χ4n) is 4.72. The summed E-state index contributed by atoms with van der Waals surface area (Å²) in [4.78, 5) is 23.4. The molecule has 0 unspecified atom stereocenters. The molecule has 10 nitrogen and oxygen atoms in total. The minimum Gasteiger partial charge on any atom is -0.468 e. The lowest BCUT2D eigenvalue weighted by Crippen LogP contribution is -2.44. The number of benzene rings is 1. The predicted molar refractivity (Wildman–Crippen MR) is 142 cm³/mol. The van der Waals surface area contributed by atoms with Crippen molar-refractivity contribution in [2.45, 2.75) is 44.4 Å². The second kappa shape index (κ2) is 11.1. The molecule has 3 aromatic heterocycles. The molecule has 4 N–H and O–H groups in total. The summed E-state index contributed by atoms with van der Waals surface area (Å²) in [6.07, 6.45) is 6.85. The summed E-state index contributed by atoms with van der Waals surface area (Å²) in [5, 5.41) is 17.2. The molecule has 0 saturated heterocycles. The zero-order chi connectivity index (χ0) is 26.6. The highest BCUT2D eigenvalue weighted by Gasteiger charge is 2.27. The highest BCUT2D eigenvalue weighted by molar-refractivity contribution is 5.83. The Morgan fingerprint density at radius 3 is 2.74 bits per heavy atom. The topological polar surface area (TPSA) is 131 Å². The Labute approximate surface area is 219 Å². The Hall–Kier alpha value is -4.09. The van der Waals surface area contributed by atoms with Crippen molar-refractivity contribution in [1.82, 2.24) is 19.7 Å². The number of carbonyl (C=O) groups is 1. The van der Waals surface area contributed by atoms with Crippen LogP contribution >= 0.6 is 0 Å². The summed E-state index contributed by atoms with van der Waals surface area (Å²) < 4.78 is 21.4. The maximum atomic E-state index is 14.9. The third-order valence-corrected chi connectivity index (χ3v) is 6.85. The van der Waals surface area contributed by atoms with Crippen LogP contribution in [0.25, 0.3) is 16.6 Å². The number of hydrogen-bond acceptors (Lipinski definition) is 9. The SMILES string of the molecule is COC(=O)CN(c1ccc2cnc(Nc3ccc(-n4ccc(CO)n4)cc3F)cc2n1)[C@H]1CC[C@@H](N)CC1. The van der Waals surface area contributed by atoms with Gasteiger partial charge in [-0.3, -0.25) is 4.79 Å². The van der Waals surface area contributed by atoms with Crippen LogP contribution in [0.1, 0.15) is 31.4 Å². The second-order valence-electron chi connectivity index (χ2n) is 9.40. The summed E-state index contributed by atoms with van der Waals surface area (Å²) in [5.41, 5.74) is 8.03. The van der Waals surface area contributed by atoms with Crippen LogP contribution in [0.2, 0.25) is 0 Å². The Bertz CT molecular complexity index is 1440. The third kappa shape index (κ3) is 5.58. The summed E-state index contributed by atoms with van der Waals surface area (Å²) in [6, 6.07) is 12.2. The van der Waals surface area contributed by atoms with Gasteiger partial charge in [0.2, 0.25) is 0 Å². The predicted octanol–water partition coefficient (Wildman–Crippen LogP) is 3.44. The Morgan fingerprint density at radius 1 is 1.21 bits per heavy atom. The minimum absolute atomic E-state index is 0.0959. The third-order valence-electron chi connectivity index (χ3n) is 6.85. The van der Waals surface area contributed by atoms with Gasteiger partial charge in [0.05, 0.1) is 36.3 Å². The van der Waals surface area contributed by atoms with Gasteiger partial charge in [-0.1, -0.05) is 0 Å². The van der Waals surface area contributed by atoms with E-state index in [0.29, 0.717) is 28.5 Å². The number of pyridine rings is 2. The van der Waals surface area contributed by atoms with Crippen molar-refractivity contribution >= 4 is 34.2 Å². The highest BCUT2D eigenvalue weighted by atomic mass is 19.1. The van der Waals surface area contributed by atoms with Crippen LogP contribution < -0.4 is 16.0 Å². The first-order valence-corrected chi connectivity index (χ1v) is 12.5. The number of fused-ring (bicyclic) bond motifs is 1. The molecule has 5 rings (SSSR count). The fraction of sp³-hybridized carbons (Fsp3) is 0.333. The zero-order valence-corrected chi connectivity index (χ0v) is 21.0. The number of nitrogens with one attached hydrogen (secondary N) is 1. The van der Waals surface area contributed by atoms with Crippen LogP contribution in [-0.2, 0) is 16.1 Å². The van der Waals surface area contributed by atoms with E-state index in [2.05, 4.69) is 15.4 Å². The number of carbonyl (C=O) groups excluding carboxylic acids is 1. The number of aromatic nitrogens is 4. The van der Waals surface area contributed by atoms with Crippen molar-refractivity contribution in [3.05, 3.63) is 66.4 Å². The number of nitrogens with two attached hydrogens (primary N) is 1. The molecule has 1 fully saturated rings. The van der Waals surface area contributed by atoms with Crippen molar-refractivity contribution in [3.8, 4) is 5.69 Å². The summed E-state index contributed by atoms with van der Waals surface area (Å²) >= 11 is 0. The van der Waals surface area contributed by atoms with Gasteiger partial charge in [0.15, 0.2) is 0 Å². The molecular formula is C27H30FN7O3. The number of ether oxygens (including phenoxy) is 1. The maximum Gasteiger partial charge on any atom is 0.325 e. The molecule has 0 amide bonds. The van der Waals surface area contributed by atoms with Crippen LogP contribution in [0.3, 0.4) is 0 Å². The molecular weight excluding hydrogens is 489 g/mol. The number of rotatable bonds is 8. The molecule has 3 heterocycles. The number of aliphatic hydroxyl groups is 1. The molecule has 0 atom stereocenters. The number of nitrogens with zero attached hydrogens (tertiary/aromatic N) is 5. The largest absolute Gasteiger partial charge is 0.468 e. The molecule has 1 aliphatic carbocycles. The van der Waals surface area contributed by atoms with Gasteiger partial charge in [0.25, 0.3) is 0 Å². The number of halogens is 1. The van der Waals surface area contributed by atoms with Crippen LogP contribution in [0.5, 0.6) is 0 Å². The average molecular weight is 520 g/mol. The quantitative estimate of drug-likeness (QED) is 0.300. The molecule has 1 aromatic carbocycles. The highest BCUT2D eigenvalue weighted by Crippen LogP contribution is 2.29. The van der Waals surface area contributed by atoms with Crippen LogP contribution in [0.4, 0.5) is 21.7 Å². The molecule has 0 bridgehead atoms. The molecule has 1 aliphatic rings. The van der Waals surface area contributed by atoms with Gasteiger partial charge in [0.1, 0.15) is 24.0 Å². The standard InChI is InChI=1S/C27H30FN7O3/c1-38-27(37)15-34(20-5-3-18(29)4-6-20)26-9-2-17-14-30-25(13-24(17)32-26)31-23-8-7-21(12-22(23)28)35-11-10-19(16-36)33-35/h2,7-14,18,20,36H,3-6,15-16,29H2,1H3,(H,30,31)/t18-,20+. The van der Waals surface area contributed by atoms with Crippen molar-refractivity contribution in [2.75, 3.05) is 23.9 Å². The first kappa shape index (κ1) is 25.6. The van der Waals surface area contributed by atoms with Crippen molar-refractivity contribution in [3.63, 3.8) is 0 Å². The Morgan fingerprint density at radius 2 is 2.03 bits per heavy atom. The zero-order valence-electron chi connectivity index (χ0n) is 21.0. The van der Waals surface area contributed by atoms with Crippen molar-refractivity contribution < 1.29 is 19.0 Å². The Kier molecular flexibility index (Phi) is 7.47. The fourth-order valence-corrected chi connectivity index (χ4v) is 4.72. The molecule has 11 heteroatoms. The van der Waals surface area contributed by atoms with Crippen LogP contribution in [0.15, 0.2) is 54.9 Å². The first-order chi connectivity index (χ1) is 18.4. The van der Waals surface area contributed by atoms with E-state index in [0.717, 1.165) is 31.1 Å². The number of anilines is 3. The lowest BCUT2D eigenvalue weighted by atomic mass is 9.90. The van der Waals surface area contributed by atoms with Gasteiger partial charge in [-0.2, -0.15) is 5.10 Å². The van der Waals surface area contributed by atoms with E-state index in [9.17, 15) is 14.3 Å². The number of esters is 1. The Balaban J connectivity index is 1.39. The second-order valence-corrected chi connectivity index (χ2v) is 9.40. The van der Waals surface area contributed by atoms with E-state index < -0.39 is 5.82 Å². The van der Waals surface area contributed by atoms with Gasteiger partial charge < -0.3 is 25.8 Å². The lowest BCUT2D eigenvalue weighted by molar-refractivity contribution is -0.139. The van der Waals surface area contributed by atoms with E-state index in [4.69, 9.17) is 15.5 Å². The van der Waals surface area contributed by atoms with Gasteiger partial charge in [-0.25, -0.2) is 19.0 Å². The summed E-state index contributed by atoms with van der Waals surface area (Å²) in [5.74, 6) is 0.281. The molecule has 198 valence electrons. The smallest absolute Gasteiger partial charge is 0.325 e. The normalized spacial score (nSPS) is 17.4. The van der Waals surface area contributed by atoms with Crippen molar-refractivity contribution in [2.24, 2.45) is 5.73 Å². The summed E-state index contributed by atoms with van der Waals surface area (Å²) in [7, 11) is 1.38. The number of aliphatic hydroxyl groups excluding tert-OH is 1. The monoisotopic (exact) mass is 519 g/mol. The summed E-state index contributed by atoms with van der Waals surface area (Å²) in [6.45, 7) is -0.0908. The molecule has 0 aliphatic heterocycles. The minimum atomic E-state index is -0.480. The van der Waals surface area contributed by atoms with Crippen LogP contribution in [0, 0.1) is 5.82 Å². The first-order valence-electron chi connectivity index (χ1n) is 12.5. The lowest BCUT2D eigenvalue weighted by Gasteiger charge is -2.36. The number of methoxy groups -OCH3 is 1. The van der Waals surface area contributed by atoms with Gasteiger partial charge in [-0.15, -0.1) is 0 Å². The maximum absolute atomic E-state index is 14.9. The van der Waals surface area contributed by atoms with E-state index in [1.807, 2.05) is 17.0 Å². The van der Waals surface area contributed by atoms with E-state index in [1.54, 1.807) is 36.7 Å². The molecule has 38 heavy (non-hydrogen) atoms. The molecule has 0 radical (unpaired) electrons. The number of hydrogen-bond donors (Lipinski definition) is 3. The molecule has 4 aromatic rings. The molecule has 1 saturated carbocycles. The average Bonchev–Trinajstić information content (AvgIpc) is 3.42. The van der Waals surface area contributed by atoms with Crippen molar-refractivity contribution in [1.29, 1.82) is 0 Å². The van der Waals surface area contributed by atoms with Gasteiger partial charge in [-0.05, 0) is 56.0 Å². The van der Waals surface area contributed by atoms with E-state index >= 15 is 0 Å².